The number of pyridine rings is 1. The Morgan fingerprint density at radius 3 is 2.86 bits per heavy atom. The molecule has 14 heavy (non-hydrogen) atoms. The number of nitrogens with zero attached hydrogens (tertiary/aromatic N) is 1. The number of hydrogen-bond donors (Lipinski definition) is 2. The third-order valence-electron chi connectivity index (χ3n) is 1.86. The quantitative estimate of drug-likeness (QED) is 0.800. The number of aromatic nitrogens is 1. The van der Waals surface area contributed by atoms with Crippen LogP contribution in [0.3, 0.4) is 0 Å². The molecule has 0 saturated heterocycles. The Kier molecular flexibility index (Phi) is 4.03. The lowest BCUT2D eigenvalue weighted by molar-refractivity contribution is -0.137. The van der Waals surface area contributed by atoms with E-state index in [0.717, 1.165) is 0 Å². The van der Waals surface area contributed by atoms with E-state index in [4.69, 9.17) is 10.8 Å². The monoisotopic (exact) mass is 258 g/mol. The zero-order valence-corrected chi connectivity index (χ0v) is 9.07. The van der Waals surface area contributed by atoms with E-state index in [-0.39, 0.29) is 18.9 Å². The molecule has 1 heterocycles. The summed E-state index contributed by atoms with van der Waals surface area (Å²) in [7, 11) is 0. The maximum atomic E-state index is 10.5. The molecule has 1 unspecified atom stereocenters. The zero-order chi connectivity index (χ0) is 10.6. The molecule has 0 bridgehead atoms. The van der Waals surface area contributed by atoms with Gasteiger partial charge in [0.05, 0.1) is 6.42 Å². The molecule has 1 aromatic rings. The first-order valence-corrected chi connectivity index (χ1v) is 4.97. The molecular weight excluding hydrogens is 248 g/mol. The van der Waals surface area contributed by atoms with Gasteiger partial charge in [0.2, 0.25) is 0 Å². The normalized spacial score (nSPS) is 12.4. The Labute approximate surface area is 90.3 Å². The van der Waals surface area contributed by atoms with Crippen molar-refractivity contribution in [2.75, 3.05) is 6.54 Å². The summed E-state index contributed by atoms with van der Waals surface area (Å²) in [5.41, 5.74) is 6.20. The van der Waals surface area contributed by atoms with Gasteiger partial charge in [0, 0.05) is 18.2 Å². The van der Waals surface area contributed by atoms with Crippen LogP contribution in [-0.4, -0.2) is 22.6 Å². The third kappa shape index (κ3) is 3.08. The lowest BCUT2D eigenvalue weighted by Crippen LogP contribution is -2.17. The van der Waals surface area contributed by atoms with E-state index in [2.05, 4.69) is 20.9 Å². The van der Waals surface area contributed by atoms with Gasteiger partial charge in [0.1, 0.15) is 4.60 Å². The summed E-state index contributed by atoms with van der Waals surface area (Å²) >= 11 is 3.23. The van der Waals surface area contributed by atoms with Crippen molar-refractivity contribution in [1.29, 1.82) is 0 Å². The van der Waals surface area contributed by atoms with Crippen LogP contribution in [0.4, 0.5) is 0 Å². The van der Waals surface area contributed by atoms with E-state index in [1.165, 1.54) is 0 Å². The van der Waals surface area contributed by atoms with Crippen LogP contribution < -0.4 is 5.73 Å². The highest BCUT2D eigenvalue weighted by molar-refractivity contribution is 9.10. The first kappa shape index (κ1) is 11.1. The largest absolute Gasteiger partial charge is 0.481 e. The van der Waals surface area contributed by atoms with Gasteiger partial charge < -0.3 is 10.8 Å². The fourth-order valence-electron chi connectivity index (χ4n) is 1.17. The van der Waals surface area contributed by atoms with E-state index in [0.29, 0.717) is 10.3 Å². The van der Waals surface area contributed by atoms with Gasteiger partial charge in [-0.15, -0.1) is 0 Å². The summed E-state index contributed by atoms with van der Waals surface area (Å²) < 4.78 is 0.693. The van der Waals surface area contributed by atoms with Crippen LogP contribution in [0.5, 0.6) is 0 Å². The Balaban J connectivity index is 2.83. The van der Waals surface area contributed by atoms with Crippen LogP contribution in [0.25, 0.3) is 0 Å². The lowest BCUT2D eigenvalue weighted by Gasteiger charge is -2.11. The molecule has 0 radical (unpaired) electrons. The molecule has 1 aromatic heterocycles. The number of rotatable bonds is 4. The summed E-state index contributed by atoms with van der Waals surface area (Å²) in [4.78, 5) is 14.7. The topological polar surface area (TPSA) is 76.2 Å². The van der Waals surface area contributed by atoms with Gasteiger partial charge in [-0.05, 0) is 28.1 Å². The number of carboxylic acids is 1. The predicted molar refractivity (Wildman–Crippen MR) is 56.0 cm³/mol. The van der Waals surface area contributed by atoms with Crippen LogP contribution in [0.15, 0.2) is 22.8 Å². The molecule has 5 heteroatoms. The van der Waals surface area contributed by atoms with Crippen molar-refractivity contribution in [2.24, 2.45) is 5.73 Å². The Morgan fingerprint density at radius 1 is 1.64 bits per heavy atom. The fraction of sp³-hybridized carbons (Fsp3) is 0.333. The van der Waals surface area contributed by atoms with E-state index < -0.39 is 5.97 Å². The molecule has 4 nitrogen and oxygen atoms in total. The second-order valence-electron chi connectivity index (χ2n) is 2.92. The molecule has 0 aliphatic carbocycles. The zero-order valence-electron chi connectivity index (χ0n) is 7.48. The maximum Gasteiger partial charge on any atom is 0.304 e. The standard InChI is InChI=1S/C9H11BrN2O2/c10-8-3-1-2-7(12-8)6(5-11)4-9(13)14/h1-3,6H,4-5,11H2,(H,13,14). The molecule has 1 atom stereocenters. The minimum atomic E-state index is -0.859. The molecule has 0 fully saturated rings. The summed E-state index contributed by atoms with van der Waals surface area (Å²) in [5, 5.41) is 8.65. The van der Waals surface area contributed by atoms with Crippen LogP contribution in [0, 0.1) is 0 Å². The van der Waals surface area contributed by atoms with Crippen LogP contribution in [-0.2, 0) is 4.79 Å². The van der Waals surface area contributed by atoms with Crippen molar-refractivity contribution in [2.45, 2.75) is 12.3 Å². The average Bonchev–Trinajstić information content (AvgIpc) is 2.14. The van der Waals surface area contributed by atoms with E-state index in [9.17, 15) is 4.79 Å². The molecular formula is C9H11BrN2O2. The Bertz CT molecular complexity index is 330. The second-order valence-corrected chi connectivity index (χ2v) is 3.73. The van der Waals surface area contributed by atoms with Crippen molar-refractivity contribution < 1.29 is 9.90 Å². The fourth-order valence-corrected chi connectivity index (χ4v) is 1.53. The van der Waals surface area contributed by atoms with Gasteiger partial charge in [-0.1, -0.05) is 6.07 Å². The van der Waals surface area contributed by atoms with Crippen LogP contribution in [0.2, 0.25) is 0 Å². The lowest BCUT2D eigenvalue weighted by atomic mass is 10.0. The summed E-state index contributed by atoms with van der Waals surface area (Å²) in [6.45, 7) is 0.287. The Hall–Kier alpha value is -0.940. The summed E-state index contributed by atoms with van der Waals surface area (Å²) in [6.07, 6.45) is 0.0138. The van der Waals surface area contributed by atoms with Gasteiger partial charge in [-0.2, -0.15) is 0 Å². The Morgan fingerprint density at radius 2 is 2.36 bits per heavy atom. The number of carboxylic acid groups (broad SMARTS) is 1. The smallest absolute Gasteiger partial charge is 0.304 e. The van der Waals surface area contributed by atoms with Crippen molar-refractivity contribution >= 4 is 21.9 Å². The first-order valence-electron chi connectivity index (χ1n) is 4.17. The third-order valence-corrected chi connectivity index (χ3v) is 2.30. The molecule has 0 amide bonds. The van der Waals surface area contributed by atoms with Gasteiger partial charge in [-0.3, -0.25) is 4.79 Å². The molecule has 0 spiro atoms. The highest BCUT2D eigenvalue weighted by Gasteiger charge is 2.15. The van der Waals surface area contributed by atoms with Crippen molar-refractivity contribution in [1.82, 2.24) is 4.98 Å². The van der Waals surface area contributed by atoms with Crippen molar-refractivity contribution in [3.8, 4) is 0 Å². The highest BCUT2D eigenvalue weighted by atomic mass is 79.9. The predicted octanol–water partition coefficient (Wildman–Crippen LogP) is 1.36. The van der Waals surface area contributed by atoms with E-state index >= 15 is 0 Å². The number of halogens is 1. The average molecular weight is 259 g/mol. The van der Waals surface area contributed by atoms with Crippen LogP contribution in [0.1, 0.15) is 18.0 Å². The maximum absolute atomic E-state index is 10.5. The van der Waals surface area contributed by atoms with E-state index in [1.54, 1.807) is 12.1 Å². The van der Waals surface area contributed by atoms with Crippen LogP contribution >= 0.6 is 15.9 Å². The first-order chi connectivity index (χ1) is 6.63. The van der Waals surface area contributed by atoms with Gasteiger partial charge in [-0.25, -0.2) is 4.98 Å². The summed E-state index contributed by atoms with van der Waals surface area (Å²) in [6, 6.07) is 5.39. The molecule has 0 aromatic carbocycles. The highest BCUT2D eigenvalue weighted by Crippen LogP contribution is 2.18. The number of carbonyl (C=O) groups is 1. The molecule has 3 N–H and O–H groups in total. The molecule has 76 valence electrons. The number of nitrogens with two attached hydrogens (primary N) is 1. The van der Waals surface area contributed by atoms with E-state index in [1.807, 2.05) is 6.07 Å². The van der Waals surface area contributed by atoms with Gasteiger partial charge >= 0.3 is 5.97 Å². The van der Waals surface area contributed by atoms with Crippen molar-refractivity contribution in [3.63, 3.8) is 0 Å². The minimum absolute atomic E-state index is 0.0138. The summed E-state index contributed by atoms with van der Waals surface area (Å²) in [5.74, 6) is -1.08. The number of hydrogen-bond acceptors (Lipinski definition) is 3. The number of aliphatic carboxylic acids is 1. The molecule has 0 aliphatic rings. The van der Waals surface area contributed by atoms with Crippen molar-refractivity contribution in [3.05, 3.63) is 28.5 Å². The minimum Gasteiger partial charge on any atom is -0.481 e. The SMILES string of the molecule is NCC(CC(=O)O)c1cccc(Br)n1. The molecule has 0 aliphatic heterocycles. The van der Waals surface area contributed by atoms with Gasteiger partial charge in [0.15, 0.2) is 0 Å². The second kappa shape index (κ2) is 5.07. The molecule has 0 saturated carbocycles. The van der Waals surface area contributed by atoms with Gasteiger partial charge in [0.25, 0.3) is 0 Å². The molecule has 1 rings (SSSR count).